The van der Waals surface area contributed by atoms with Crippen LogP contribution in [0.2, 0.25) is 0 Å². The fourth-order valence-corrected chi connectivity index (χ4v) is 3.15. The van der Waals surface area contributed by atoms with Crippen molar-refractivity contribution in [2.75, 3.05) is 64.7 Å². The second-order valence-corrected chi connectivity index (χ2v) is 7.09. The molecule has 2 heterocycles. The molecule has 1 aromatic heterocycles. The molecule has 3 rings (SSSR count). The lowest BCUT2D eigenvalue weighted by atomic mass is 10.1. The Bertz CT molecular complexity index is 807. The molecule has 1 aliphatic heterocycles. The molecule has 0 amide bonds. The van der Waals surface area contributed by atoms with Crippen molar-refractivity contribution in [2.24, 2.45) is 4.99 Å². The average molecular weight is 414 g/mol. The molecule has 1 aromatic carbocycles. The SMILES string of the molecule is COCCOCCOc1cc(N2CCOCC2)cc(CN=Cc2cccc(C)c2)n1. The van der Waals surface area contributed by atoms with Crippen LogP contribution in [0.1, 0.15) is 16.8 Å². The highest BCUT2D eigenvalue weighted by Gasteiger charge is 2.14. The standard InChI is InChI=1S/C23H31N3O4/c1-19-4-3-5-20(14-19)17-24-18-21-15-22(26-6-8-28-9-7-26)16-23(25-21)30-13-12-29-11-10-27-2/h3-5,14-17H,6-13,18H2,1-2H3. The lowest BCUT2D eigenvalue weighted by Crippen LogP contribution is -2.36. The maximum atomic E-state index is 5.85. The van der Waals surface area contributed by atoms with Crippen LogP contribution in [0.5, 0.6) is 5.88 Å². The van der Waals surface area contributed by atoms with E-state index in [0.717, 1.165) is 43.2 Å². The minimum atomic E-state index is 0.440. The Labute approximate surface area is 178 Å². The van der Waals surface area contributed by atoms with E-state index in [0.29, 0.717) is 38.9 Å². The summed E-state index contributed by atoms with van der Waals surface area (Å²) in [5.74, 6) is 0.593. The first-order valence-electron chi connectivity index (χ1n) is 10.3. The van der Waals surface area contributed by atoms with E-state index < -0.39 is 0 Å². The quantitative estimate of drug-likeness (QED) is 0.417. The molecule has 7 nitrogen and oxygen atoms in total. The molecule has 1 aliphatic rings. The number of benzene rings is 1. The van der Waals surface area contributed by atoms with Crippen LogP contribution in [0.3, 0.4) is 0 Å². The van der Waals surface area contributed by atoms with Crippen molar-refractivity contribution in [3.05, 3.63) is 53.2 Å². The van der Waals surface area contributed by atoms with E-state index in [1.807, 2.05) is 24.4 Å². The highest BCUT2D eigenvalue weighted by molar-refractivity contribution is 5.79. The predicted octanol–water partition coefficient (Wildman–Crippen LogP) is 2.89. The topological polar surface area (TPSA) is 65.4 Å². The molecule has 30 heavy (non-hydrogen) atoms. The highest BCUT2D eigenvalue weighted by Crippen LogP contribution is 2.23. The zero-order chi connectivity index (χ0) is 21.0. The summed E-state index contributed by atoms with van der Waals surface area (Å²) in [5, 5.41) is 0. The van der Waals surface area contributed by atoms with Crippen LogP contribution in [0.15, 0.2) is 41.4 Å². The van der Waals surface area contributed by atoms with E-state index in [2.05, 4.69) is 40.0 Å². The summed E-state index contributed by atoms with van der Waals surface area (Å²) in [7, 11) is 1.66. The lowest BCUT2D eigenvalue weighted by molar-refractivity contribution is 0.0536. The highest BCUT2D eigenvalue weighted by atomic mass is 16.5. The number of aryl methyl sites for hydroxylation is 1. The van der Waals surface area contributed by atoms with Gasteiger partial charge in [-0.25, -0.2) is 4.98 Å². The number of aliphatic imine (C=N–C) groups is 1. The number of hydrogen-bond donors (Lipinski definition) is 0. The molecule has 0 N–H and O–H groups in total. The summed E-state index contributed by atoms with van der Waals surface area (Å²) in [6, 6.07) is 12.3. The van der Waals surface area contributed by atoms with Crippen molar-refractivity contribution >= 4 is 11.9 Å². The zero-order valence-electron chi connectivity index (χ0n) is 17.9. The van der Waals surface area contributed by atoms with Crippen LogP contribution in [0.25, 0.3) is 0 Å². The number of ether oxygens (including phenoxy) is 4. The van der Waals surface area contributed by atoms with Gasteiger partial charge in [-0.05, 0) is 18.6 Å². The number of nitrogens with zero attached hydrogens (tertiary/aromatic N) is 3. The van der Waals surface area contributed by atoms with Gasteiger partial charge in [-0.1, -0.05) is 29.8 Å². The summed E-state index contributed by atoms with van der Waals surface area (Å²) in [5.41, 5.74) is 4.27. The molecule has 162 valence electrons. The van der Waals surface area contributed by atoms with Gasteiger partial charge in [-0.3, -0.25) is 4.99 Å². The average Bonchev–Trinajstić information content (AvgIpc) is 2.77. The fourth-order valence-electron chi connectivity index (χ4n) is 3.15. The number of anilines is 1. The number of methoxy groups -OCH3 is 1. The normalized spacial score (nSPS) is 14.4. The van der Waals surface area contributed by atoms with Crippen molar-refractivity contribution in [1.29, 1.82) is 0 Å². The van der Waals surface area contributed by atoms with Crippen LogP contribution in [0, 0.1) is 6.92 Å². The molecule has 0 aliphatic carbocycles. The molecule has 1 fully saturated rings. The first-order valence-corrected chi connectivity index (χ1v) is 10.3. The third-order valence-electron chi connectivity index (χ3n) is 4.66. The van der Waals surface area contributed by atoms with Crippen LogP contribution in [-0.4, -0.2) is 71.0 Å². The summed E-state index contributed by atoms with van der Waals surface area (Å²) >= 11 is 0. The first-order chi connectivity index (χ1) is 14.7. The van der Waals surface area contributed by atoms with Crippen LogP contribution < -0.4 is 9.64 Å². The molecule has 0 unspecified atom stereocenters. The van der Waals surface area contributed by atoms with Crippen LogP contribution in [0.4, 0.5) is 5.69 Å². The van der Waals surface area contributed by atoms with E-state index in [1.54, 1.807) is 7.11 Å². The second kappa shape index (κ2) is 12.3. The van der Waals surface area contributed by atoms with E-state index in [9.17, 15) is 0 Å². The van der Waals surface area contributed by atoms with Crippen LogP contribution >= 0.6 is 0 Å². The Morgan fingerprint density at radius 2 is 1.93 bits per heavy atom. The summed E-state index contributed by atoms with van der Waals surface area (Å²) in [6.07, 6.45) is 1.89. The first kappa shape index (κ1) is 22.2. The van der Waals surface area contributed by atoms with Gasteiger partial charge in [0.25, 0.3) is 0 Å². The molecule has 0 saturated carbocycles. The molecule has 1 saturated heterocycles. The Balaban J connectivity index is 1.65. The Hall–Kier alpha value is -2.48. The van der Waals surface area contributed by atoms with E-state index in [-0.39, 0.29) is 0 Å². The van der Waals surface area contributed by atoms with Gasteiger partial charge in [-0.2, -0.15) is 0 Å². The molecule has 2 aromatic rings. The van der Waals surface area contributed by atoms with E-state index >= 15 is 0 Å². The predicted molar refractivity (Wildman–Crippen MR) is 118 cm³/mol. The van der Waals surface area contributed by atoms with Crippen LogP contribution in [-0.2, 0) is 20.8 Å². The molecular formula is C23H31N3O4. The van der Waals surface area contributed by atoms with E-state index in [4.69, 9.17) is 18.9 Å². The second-order valence-electron chi connectivity index (χ2n) is 7.09. The molecule has 0 atom stereocenters. The van der Waals surface area contributed by atoms with Crippen molar-refractivity contribution in [3.63, 3.8) is 0 Å². The van der Waals surface area contributed by atoms with Gasteiger partial charge < -0.3 is 23.8 Å². The molecule has 0 bridgehead atoms. The number of rotatable bonds is 11. The zero-order valence-corrected chi connectivity index (χ0v) is 17.9. The lowest BCUT2D eigenvalue weighted by Gasteiger charge is -2.29. The van der Waals surface area contributed by atoms with Gasteiger partial charge in [0.15, 0.2) is 0 Å². The number of pyridine rings is 1. The molecular weight excluding hydrogens is 382 g/mol. The Morgan fingerprint density at radius 3 is 2.73 bits per heavy atom. The van der Waals surface area contributed by atoms with Crippen molar-refractivity contribution in [3.8, 4) is 5.88 Å². The van der Waals surface area contributed by atoms with Gasteiger partial charge in [0.05, 0.1) is 45.3 Å². The monoisotopic (exact) mass is 413 g/mol. The maximum absolute atomic E-state index is 5.85. The maximum Gasteiger partial charge on any atom is 0.215 e. The van der Waals surface area contributed by atoms with E-state index in [1.165, 1.54) is 5.56 Å². The van der Waals surface area contributed by atoms with Gasteiger partial charge in [-0.15, -0.1) is 0 Å². The number of morpholine rings is 1. The summed E-state index contributed by atoms with van der Waals surface area (Å²) < 4.78 is 21.8. The van der Waals surface area contributed by atoms with Gasteiger partial charge in [0.2, 0.25) is 5.88 Å². The number of hydrogen-bond acceptors (Lipinski definition) is 7. The third-order valence-corrected chi connectivity index (χ3v) is 4.66. The molecule has 7 heteroatoms. The minimum absolute atomic E-state index is 0.440. The summed E-state index contributed by atoms with van der Waals surface area (Å²) in [4.78, 5) is 11.5. The van der Waals surface area contributed by atoms with Crippen molar-refractivity contribution in [2.45, 2.75) is 13.5 Å². The minimum Gasteiger partial charge on any atom is -0.475 e. The number of aromatic nitrogens is 1. The summed E-state index contributed by atoms with van der Waals surface area (Å²) in [6.45, 7) is 7.81. The Morgan fingerprint density at radius 1 is 1.10 bits per heavy atom. The largest absolute Gasteiger partial charge is 0.475 e. The van der Waals surface area contributed by atoms with Crippen molar-refractivity contribution < 1.29 is 18.9 Å². The van der Waals surface area contributed by atoms with Gasteiger partial charge in [0.1, 0.15) is 6.61 Å². The van der Waals surface area contributed by atoms with Crippen molar-refractivity contribution in [1.82, 2.24) is 4.98 Å². The fraction of sp³-hybridized carbons (Fsp3) is 0.478. The third kappa shape index (κ3) is 7.40. The molecule has 0 spiro atoms. The smallest absolute Gasteiger partial charge is 0.215 e. The Kier molecular flexibility index (Phi) is 9.08. The van der Waals surface area contributed by atoms with Gasteiger partial charge in [0, 0.05) is 38.2 Å². The van der Waals surface area contributed by atoms with Gasteiger partial charge >= 0.3 is 0 Å². The molecule has 0 radical (unpaired) electrons.